The molecule has 0 saturated heterocycles. The number of nitrogens with zero attached hydrogens (tertiary/aromatic N) is 2. The summed E-state index contributed by atoms with van der Waals surface area (Å²) in [6, 6.07) is 6.84. The number of nitrogen functional groups attached to an aromatic ring is 1. The van der Waals surface area contributed by atoms with Gasteiger partial charge in [0, 0.05) is 28.6 Å². The van der Waals surface area contributed by atoms with Crippen LogP contribution in [0, 0.1) is 6.92 Å². The van der Waals surface area contributed by atoms with Crippen LogP contribution in [-0.4, -0.2) is 22.3 Å². The first-order valence-electron chi connectivity index (χ1n) is 5.86. The van der Waals surface area contributed by atoms with Gasteiger partial charge in [-0.3, -0.25) is 0 Å². The Morgan fingerprint density at radius 2 is 2.05 bits per heavy atom. The van der Waals surface area contributed by atoms with E-state index in [0.717, 1.165) is 5.69 Å². The Morgan fingerprint density at radius 3 is 2.80 bits per heavy atom. The van der Waals surface area contributed by atoms with Crippen molar-refractivity contribution in [3.63, 3.8) is 0 Å². The van der Waals surface area contributed by atoms with Crippen molar-refractivity contribution in [3.05, 3.63) is 40.0 Å². The number of hydrogen-bond donors (Lipinski definition) is 1. The van der Waals surface area contributed by atoms with Gasteiger partial charge in [0.2, 0.25) is 0 Å². The SMILES string of the molecule is Cc1cc(N)nc(SCCOc2cc(Cl)ccc2Cl)n1. The molecule has 0 aliphatic heterocycles. The molecule has 2 rings (SSSR count). The molecule has 0 aliphatic rings. The van der Waals surface area contributed by atoms with Gasteiger partial charge >= 0.3 is 0 Å². The highest BCUT2D eigenvalue weighted by Gasteiger charge is 2.04. The van der Waals surface area contributed by atoms with Gasteiger partial charge in [0.15, 0.2) is 5.16 Å². The number of aromatic nitrogens is 2. The van der Waals surface area contributed by atoms with Crippen LogP contribution in [0.5, 0.6) is 5.75 Å². The number of halogens is 2. The molecule has 1 aromatic heterocycles. The van der Waals surface area contributed by atoms with Crippen molar-refractivity contribution in [1.82, 2.24) is 9.97 Å². The first-order chi connectivity index (χ1) is 9.54. The maximum absolute atomic E-state index is 6.00. The summed E-state index contributed by atoms with van der Waals surface area (Å²) < 4.78 is 5.58. The average Bonchev–Trinajstić information content (AvgIpc) is 2.37. The number of rotatable bonds is 5. The number of hydrogen-bond acceptors (Lipinski definition) is 5. The van der Waals surface area contributed by atoms with Gasteiger partial charge in [-0.25, -0.2) is 9.97 Å². The van der Waals surface area contributed by atoms with Gasteiger partial charge < -0.3 is 10.5 Å². The fourth-order valence-corrected chi connectivity index (χ4v) is 2.56. The summed E-state index contributed by atoms with van der Waals surface area (Å²) in [7, 11) is 0. The first kappa shape index (κ1) is 15.2. The Labute approximate surface area is 131 Å². The van der Waals surface area contributed by atoms with Crippen molar-refractivity contribution in [2.45, 2.75) is 12.1 Å². The third-order valence-electron chi connectivity index (χ3n) is 2.32. The molecular formula is C13H13Cl2N3OS. The minimum atomic E-state index is 0.471. The predicted molar refractivity (Wildman–Crippen MR) is 83.9 cm³/mol. The van der Waals surface area contributed by atoms with Crippen molar-refractivity contribution in [1.29, 1.82) is 0 Å². The third-order valence-corrected chi connectivity index (χ3v) is 3.68. The summed E-state index contributed by atoms with van der Waals surface area (Å²) in [5.74, 6) is 1.73. The van der Waals surface area contributed by atoms with Crippen LogP contribution in [0.3, 0.4) is 0 Å². The predicted octanol–water partition coefficient (Wildman–Crippen LogP) is 3.85. The first-order valence-corrected chi connectivity index (χ1v) is 7.60. The minimum absolute atomic E-state index is 0.471. The largest absolute Gasteiger partial charge is 0.491 e. The van der Waals surface area contributed by atoms with Crippen molar-refractivity contribution in [3.8, 4) is 5.75 Å². The highest BCUT2D eigenvalue weighted by atomic mass is 35.5. The molecule has 2 aromatic rings. The monoisotopic (exact) mass is 329 g/mol. The number of thioether (sulfide) groups is 1. The van der Waals surface area contributed by atoms with Gasteiger partial charge in [-0.2, -0.15) is 0 Å². The van der Waals surface area contributed by atoms with E-state index in [9.17, 15) is 0 Å². The van der Waals surface area contributed by atoms with Gasteiger partial charge in [-0.05, 0) is 19.1 Å². The minimum Gasteiger partial charge on any atom is -0.491 e. The van der Waals surface area contributed by atoms with E-state index in [2.05, 4.69) is 9.97 Å². The fourth-order valence-electron chi connectivity index (χ4n) is 1.50. The number of aryl methyl sites for hydroxylation is 1. The second kappa shape index (κ2) is 7.02. The molecule has 0 fully saturated rings. The van der Waals surface area contributed by atoms with Crippen LogP contribution in [0.25, 0.3) is 0 Å². The van der Waals surface area contributed by atoms with Crippen LogP contribution in [-0.2, 0) is 0 Å². The topological polar surface area (TPSA) is 61.0 Å². The Balaban J connectivity index is 1.86. The maximum atomic E-state index is 6.00. The van der Waals surface area contributed by atoms with Crippen LogP contribution in [0.2, 0.25) is 10.0 Å². The molecule has 0 amide bonds. The summed E-state index contributed by atoms with van der Waals surface area (Å²) in [6.45, 7) is 2.35. The molecule has 2 N–H and O–H groups in total. The van der Waals surface area contributed by atoms with E-state index in [1.807, 2.05) is 6.92 Å². The van der Waals surface area contributed by atoms with Crippen molar-refractivity contribution >= 4 is 40.8 Å². The highest BCUT2D eigenvalue weighted by molar-refractivity contribution is 7.99. The summed E-state index contributed by atoms with van der Waals surface area (Å²) >= 11 is 13.4. The van der Waals surface area contributed by atoms with E-state index in [0.29, 0.717) is 39.1 Å². The standard InChI is InChI=1S/C13H13Cl2N3OS/c1-8-6-12(16)18-13(17-8)20-5-4-19-11-7-9(14)2-3-10(11)15/h2-3,6-7H,4-5H2,1H3,(H2,16,17,18). The lowest BCUT2D eigenvalue weighted by Gasteiger charge is -2.08. The normalized spacial score (nSPS) is 10.6. The van der Waals surface area contributed by atoms with Crippen LogP contribution in [0.1, 0.15) is 5.69 Å². The Kier molecular flexibility index (Phi) is 5.34. The lowest BCUT2D eigenvalue weighted by molar-refractivity contribution is 0.344. The number of benzene rings is 1. The maximum Gasteiger partial charge on any atom is 0.189 e. The molecule has 0 saturated carbocycles. The zero-order valence-corrected chi connectivity index (χ0v) is 13.1. The quantitative estimate of drug-likeness (QED) is 0.513. The zero-order chi connectivity index (χ0) is 14.5. The molecule has 0 bridgehead atoms. The van der Waals surface area contributed by atoms with E-state index < -0.39 is 0 Å². The average molecular weight is 330 g/mol. The van der Waals surface area contributed by atoms with Gasteiger partial charge in [-0.15, -0.1) is 0 Å². The van der Waals surface area contributed by atoms with E-state index in [-0.39, 0.29) is 0 Å². The van der Waals surface area contributed by atoms with E-state index >= 15 is 0 Å². The lowest BCUT2D eigenvalue weighted by atomic mass is 10.3. The highest BCUT2D eigenvalue weighted by Crippen LogP contribution is 2.28. The molecular weight excluding hydrogens is 317 g/mol. The number of nitrogens with two attached hydrogens (primary N) is 1. The molecule has 0 aliphatic carbocycles. The van der Waals surface area contributed by atoms with E-state index in [1.165, 1.54) is 11.8 Å². The van der Waals surface area contributed by atoms with Crippen LogP contribution >= 0.6 is 35.0 Å². The van der Waals surface area contributed by atoms with Crippen LogP contribution < -0.4 is 10.5 Å². The molecule has 4 nitrogen and oxygen atoms in total. The van der Waals surface area contributed by atoms with Gasteiger partial charge in [0.25, 0.3) is 0 Å². The molecule has 1 aromatic carbocycles. The molecule has 0 unspecified atom stereocenters. The lowest BCUT2D eigenvalue weighted by Crippen LogP contribution is -2.02. The van der Waals surface area contributed by atoms with Gasteiger partial charge in [-0.1, -0.05) is 35.0 Å². The third kappa shape index (κ3) is 4.44. The van der Waals surface area contributed by atoms with Gasteiger partial charge in [0.1, 0.15) is 11.6 Å². The molecule has 1 heterocycles. The molecule has 0 atom stereocenters. The van der Waals surface area contributed by atoms with E-state index in [1.54, 1.807) is 24.3 Å². The summed E-state index contributed by atoms with van der Waals surface area (Å²) in [6.07, 6.45) is 0. The number of ether oxygens (including phenoxy) is 1. The van der Waals surface area contributed by atoms with E-state index in [4.69, 9.17) is 33.7 Å². The summed E-state index contributed by atoms with van der Waals surface area (Å²) in [5, 5.41) is 1.77. The summed E-state index contributed by atoms with van der Waals surface area (Å²) in [5.41, 5.74) is 6.51. The van der Waals surface area contributed by atoms with Crippen LogP contribution in [0.15, 0.2) is 29.4 Å². The molecule has 20 heavy (non-hydrogen) atoms. The Bertz CT molecular complexity index is 590. The van der Waals surface area contributed by atoms with Crippen molar-refractivity contribution < 1.29 is 4.74 Å². The fraction of sp³-hybridized carbons (Fsp3) is 0.231. The Hall–Kier alpha value is -1.17. The molecule has 0 spiro atoms. The van der Waals surface area contributed by atoms with Crippen LogP contribution in [0.4, 0.5) is 5.82 Å². The summed E-state index contributed by atoms with van der Waals surface area (Å²) in [4.78, 5) is 8.42. The molecule has 7 heteroatoms. The molecule has 106 valence electrons. The smallest absolute Gasteiger partial charge is 0.189 e. The van der Waals surface area contributed by atoms with Crippen molar-refractivity contribution in [2.24, 2.45) is 0 Å². The molecule has 0 radical (unpaired) electrons. The second-order valence-electron chi connectivity index (χ2n) is 3.99. The van der Waals surface area contributed by atoms with Gasteiger partial charge in [0.05, 0.1) is 11.6 Å². The number of anilines is 1. The Morgan fingerprint density at radius 1 is 1.25 bits per heavy atom. The second-order valence-corrected chi connectivity index (χ2v) is 5.89. The zero-order valence-electron chi connectivity index (χ0n) is 10.8. The van der Waals surface area contributed by atoms with Crippen molar-refractivity contribution in [2.75, 3.05) is 18.1 Å².